The van der Waals surface area contributed by atoms with Crippen molar-refractivity contribution in [3.8, 4) is 5.75 Å². The van der Waals surface area contributed by atoms with Gasteiger partial charge in [0.15, 0.2) is 24.0 Å². The van der Waals surface area contributed by atoms with E-state index in [1.807, 2.05) is 33.0 Å². The molecule has 0 fully saturated rings. The molecule has 0 saturated carbocycles. The van der Waals surface area contributed by atoms with Gasteiger partial charge in [-0.25, -0.2) is 4.98 Å². The maximum atomic E-state index is 12.8. The molecule has 13 heteroatoms. The largest absolute Gasteiger partial charge is 0.503 e. The molecule has 0 spiro atoms. The summed E-state index contributed by atoms with van der Waals surface area (Å²) in [6, 6.07) is 11.9. The minimum atomic E-state index is -0.658. The fourth-order valence-electron chi connectivity index (χ4n) is 4.24. The van der Waals surface area contributed by atoms with Crippen LogP contribution in [0.25, 0.3) is 11.0 Å². The number of amides is 1. The fraction of sp³-hybridized carbons (Fsp3) is 0.333. The van der Waals surface area contributed by atoms with E-state index in [0.717, 1.165) is 17.2 Å². The van der Waals surface area contributed by atoms with Crippen LogP contribution in [0, 0.1) is 0 Å². The summed E-state index contributed by atoms with van der Waals surface area (Å²) in [6.07, 6.45) is 3.27. The monoisotopic (exact) mass is 609 g/mol. The number of benzene rings is 1. The Bertz CT molecular complexity index is 1620. The molecule has 1 amide bonds. The molecule has 1 atom stereocenters. The van der Waals surface area contributed by atoms with E-state index in [9.17, 15) is 24.3 Å². The van der Waals surface area contributed by atoms with Gasteiger partial charge in [-0.2, -0.15) is 5.10 Å². The second-order valence-corrected chi connectivity index (χ2v) is 10.5. The Hall–Kier alpha value is -4.39. The van der Waals surface area contributed by atoms with Gasteiger partial charge in [0.1, 0.15) is 11.4 Å². The Labute approximate surface area is 254 Å². The average molecular weight is 610 g/mol. The molecule has 228 valence electrons. The van der Waals surface area contributed by atoms with Crippen LogP contribution in [-0.4, -0.2) is 81.0 Å². The third-order valence-corrected chi connectivity index (χ3v) is 7.23. The Morgan fingerprint density at radius 3 is 2.60 bits per heavy atom. The van der Waals surface area contributed by atoms with E-state index in [-0.39, 0.29) is 24.2 Å². The second-order valence-electron chi connectivity index (χ2n) is 10.1. The van der Waals surface area contributed by atoms with Crippen molar-refractivity contribution in [2.45, 2.75) is 45.4 Å². The number of halogens is 1. The van der Waals surface area contributed by atoms with Gasteiger partial charge in [-0.15, -0.1) is 0 Å². The van der Waals surface area contributed by atoms with Crippen LogP contribution in [0.15, 0.2) is 53.5 Å². The van der Waals surface area contributed by atoms with E-state index in [1.54, 1.807) is 42.1 Å². The lowest BCUT2D eigenvalue weighted by molar-refractivity contribution is -0.123. The van der Waals surface area contributed by atoms with Crippen LogP contribution >= 0.6 is 11.6 Å². The first-order valence-corrected chi connectivity index (χ1v) is 14.0. The number of H-pyrrole nitrogens is 1. The van der Waals surface area contributed by atoms with Crippen LogP contribution in [0.5, 0.6) is 5.75 Å². The van der Waals surface area contributed by atoms with Gasteiger partial charge in [-0.05, 0) is 64.2 Å². The van der Waals surface area contributed by atoms with Gasteiger partial charge in [-0.3, -0.25) is 24.3 Å². The zero-order chi connectivity index (χ0) is 31.5. The Morgan fingerprint density at radius 2 is 1.95 bits per heavy atom. The predicted octanol–water partition coefficient (Wildman–Crippen LogP) is 2.58. The minimum absolute atomic E-state index is 0.0360. The van der Waals surface area contributed by atoms with Crippen molar-refractivity contribution >= 4 is 41.1 Å². The van der Waals surface area contributed by atoms with E-state index in [4.69, 9.17) is 11.6 Å². The number of fused-ring (bicyclic) bond motifs is 1. The van der Waals surface area contributed by atoms with Crippen LogP contribution in [0.2, 0.25) is 5.02 Å². The molecular formula is C30H36ClN7O5. The summed E-state index contributed by atoms with van der Waals surface area (Å²) in [5.74, 6) is -0.845. The van der Waals surface area contributed by atoms with Crippen LogP contribution < -0.4 is 16.1 Å². The number of aromatic amines is 1. The summed E-state index contributed by atoms with van der Waals surface area (Å²) < 4.78 is 1.58. The smallest absolute Gasteiger partial charge is 0.237 e. The Balaban J connectivity index is 0.000000380. The summed E-state index contributed by atoms with van der Waals surface area (Å²) in [5.41, 5.74) is 1.66. The van der Waals surface area contributed by atoms with Crippen molar-refractivity contribution in [2.75, 3.05) is 20.6 Å². The van der Waals surface area contributed by atoms with E-state index in [2.05, 4.69) is 30.7 Å². The molecule has 0 aliphatic carbocycles. The number of carbonyl (C=O) groups is 3. The highest BCUT2D eigenvalue weighted by atomic mass is 35.5. The zero-order valence-corrected chi connectivity index (χ0v) is 25.3. The SMILES string of the molecule is CNC(Cc1cccc(Cl)c1)C(=O)NCc1cc(=O)c(O)c(C=O)n1CCN(C)C(C)C.O=Cc1[nH]nc2ncccc12. The van der Waals surface area contributed by atoms with Crippen LogP contribution in [0.4, 0.5) is 0 Å². The second kappa shape index (κ2) is 15.7. The molecular weight excluding hydrogens is 574 g/mol. The van der Waals surface area contributed by atoms with Crippen LogP contribution in [-0.2, 0) is 24.3 Å². The van der Waals surface area contributed by atoms with Crippen molar-refractivity contribution < 1.29 is 19.5 Å². The zero-order valence-electron chi connectivity index (χ0n) is 24.5. The van der Waals surface area contributed by atoms with E-state index in [0.29, 0.717) is 47.9 Å². The van der Waals surface area contributed by atoms with Crippen molar-refractivity contribution in [2.24, 2.45) is 0 Å². The van der Waals surface area contributed by atoms with Gasteiger partial charge in [0.05, 0.1) is 12.6 Å². The maximum Gasteiger partial charge on any atom is 0.237 e. The van der Waals surface area contributed by atoms with Crippen LogP contribution in [0.1, 0.15) is 46.1 Å². The number of aldehydes is 2. The molecule has 4 rings (SSSR count). The summed E-state index contributed by atoms with van der Waals surface area (Å²) in [5, 5.41) is 23.7. The standard InChI is InChI=1S/C23H31ClN4O4.C7H5N3O/c1-15(2)27(4)8-9-28-18(12-21(30)22(31)20(28)14-29)13-26-23(32)19(25-3)11-16-6-5-7-17(24)10-16;11-4-6-5-2-1-3-8-7(5)10-9-6/h5-7,10,12,14-15,19,25,31H,8-9,11,13H2,1-4H3,(H,26,32);1-4H,(H,8,9,10). The lowest BCUT2D eigenvalue weighted by Crippen LogP contribution is -2.44. The number of rotatable bonds is 12. The average Bonchev–Trinajstić information content (AvgIpc) is 3.42. The number of pyridine rings is 2. The van der Waals surface area contributed by atoms with E-state index >= 15 is 0 Å². The lowest BCUT2D eigenvalue weighted by atomic mass is 10.1. The number of aromatic hydroxyl groups is 1. The summed E-state index contributed by atoms with van der Waals surface area (Å²) in [7, 11) is 3.64. The molecule has 0 radical (unpaired) electrons. The number of aromatic nitrogens is 4. The number of hydrogen-bond acceptors (Lipinski definition) is 9. The first kappa shape index (κ1) is 33.1. The lowest BCUT2D eigenvalue weighted by Gasteiger charge is -2.24. The number of hydrogen-bond donors (Lipinski definition) is 4. The Morgan fingerprint density at radius 1 is 1.19 bits per heavy atom. The highest BCUT2D eigenvalue weighted by Gasteiger charge is 2.20. The number of carbonyl (C=O) groups excluding carboxylic acids is 3. The number of nitrogens with one attached hydrogen (secondary N) is 3. The molecule has 0 aliphatic heterocycles. The molecule has 4 N–H and O–H groups in total. The van der Waals surface area contributed by atoms with Crippen LogP contribution in [0.3, 0.4) is 0 Å². The van der Waals surface area contributed by atoms with Crippen molar-refractivity contribution in [3.63, 3.8) is 0 Å². The Kier molecular flexibility index (Phi) is 12.1. The van der Waals surface area contributed by atoms with Crippen molar-refractivity contribution in [1.29, 1.82) is 0 Å². The summed E-state index contributed by atoms with van der Waals surface area (Å²) in [4.78, 5) is 53.0. The highest BCUT2D eigenvalue weighted by Crippen LogP contribution is 2.15. The molecule has 0 aliphatic rings. The van der Waals surface area contributed by atoms with Gasteiger partial charge in [0, 0.05) is 47.5 Å². The summed E-state index contributed by atoms with van der Waals surface area (Å²) >= 11 is 6.03. The topological polar surface area (TPSA) is 162 Å². The number of nitrogens with zero attached hydrogens (tertiary/aromatic N) is 4. The molecule has 1 unspecified atom stereocenters. The molecule has 4 aromatic rings. The van der Waals surface area contributed by atoms with Gasteiger partial charge < -0.3 is 25.2 Å². The summed E-state index contributed by atoms with van der Waals surface area (Å²) in [6.45, 7) is 5.09. The minimum Gasteiger partial charge on any atom is -0.503 e. The van der Waals surface area contributed by atoms with Crippen molar-refractivity contribution in [3.05, 3.63) is 86.6 Å². The van der Waals surface area contributed by atoms with E-state index < -0.39 is 17.2 Å². The first-order valence-electron chi connectivity index (χ1n) is 13.6. The van der Waals surface area contributed by atoms with Gasteiger partial charge >= 0.3 is 0 Å². The fourth-order valence-corrected chi connectivity index (χ4v) is 4.45. The van der Waals surface area contributed by atoms with Gasteiger partial charge in [0.2, 0.25) is 11.3 Å². The van der Waals surface area contributed by atoms with E-state index in [1.165, 1.54) is 6.07 Å². The molecule has 12 nitrogen and oxygen atoms in total. The molecule has 0 saturated heterocycles. The predicted molar refractivity (Wildman–Crippen MR) is 165 cm³/mol. The quantitative estimate of drug-likeness (QED) is 0.177. The molecule has 1 aromatic carbocycles. The molecule has 3 heterocycles. The maximum absolute atomic E-state index is 12.8. The third-order valence-electron chi connectivity index (χ3n) is 7.00. The number of likely N-dealkylation sites (N-methyl/N-ethyl adjacent to an activating group) is 2. The molecule has 43 heavy (non-hydrogen) atoms. The molecule has 3 aromatic heterocycles. The van der Waals surface area contributed by atoms with Gasteiger partial charge in [-0.1, -0.05) is 23.7 Å². The third kappa shape index (κ3) is 8.80. The first-order chi connectivity index (χ1) is 20.6. The normalized spacial score (nSPS) is 11.7. The molecule has 0 bridgehead atoms. The highest BCUT2D eigenvalue weighted by molar-refractivity contribution is 6.30. The van der Waals surface area contributed by atoms with Crippen molar-refractivity contribution in [1.82, 2.24) is 35.3 Å². The van der Waals surface area contributed by atoms with Gasteiger partial charge in [0.25, 0.3) is 0 Å².